The fourth-order valence-corrected chi connectivity index (χ4v) is 4.78. The van der Waals surface area contributed by atoms with Crippen LogP contribution in [0.4, 0.5) is 5.82 Å². The van der Waals surface area contributed by atoms with Gasteiger partial charge in [0.05, 0.1) is 25.9 Å². The standard InChI is InChI=1S/C21H32N6O14/c22-9-1-2-27(21(36)24-9)18-15(34)12(31)8(38-18)5-37-19-10(25-26-23)13(32)17(7(4-29)40-19)41-20-16(35)14(33)11(30)6(3-28)39-20/h1-2,6-8,10-20,28-35H,3-5H2,(H2,22,24,36)/t6-,7-,8-,10+,11+,12-,13-,14+,15-,16-,17-,18-,19+,20+/m1/s1. The summed E-state index contributed by atoms with van der Waals surface area (Å²) in [7, 11) is 0. The fourth-order valence-electron chi connectivity index (χ4n) is 4.78. The van der Waals surface area contributed by atoms with Gasteiger partial charge in [-0.25, -0.2) is 4.79 Å². The van der Waals surface area contributed by atoms with E-state index in [1.165, 1.54) is 12.3 Å². The molecule has 20 nitrogen and oxygen atoms in total. The Labute approximate surface area is 230 Å². The number of hydrogen-bond acceptors (Lipinski definition) is 17. The summed E-state index contributed by atoms with van der Waals surface area (Å²) in [5.74, 6) is -0.0662. The SMILES string of the molecule is [N-]=[N+]=N[C@@H]1[C@@H](OC[C@H]2O[C@@H](n3ccc(N)nc3=O)[C@H](O)[C@@H]2O)O[C@H](CO)[C@@H](O[C@@H]2O[C@H](CO)[C@H](O)[C@H](O)[C@H]2O)[C@@H]1O. The second-order valence-electron chi connectivity index (χ2n) is 9.63. The molecule has 230 valence electrons. The van der Waals surface area contributed by atoms with Gasteiger partial charge in [-0.05, 0) is 11.6 Å². The highest BCUT2D eigenvalue weighted by atomic mass is 16.7. The molecule has 0 aliphatic carbocycles. The van der Waals surface area contributed by atoms with Crippen LogP contribution in [-0.2, 0) is 23.7 Å². The molecular formula is C21H32N6O14. The fraction of sp³-hybridized carbons (Fsp3) is 0.810. The highest BCUT2D eigenvalue weighted by molar-refractivity contribution is 5.23. The predicted molar refractivity (Wildman–Crippen MR) is 128 cm³/mol. The molecule has 14 atom stereocenters. The first-order chi connectivity index (χ1) is 19.5. The molecule has 3 saturated heterocycles. The number of hydrogen-bond donors (Lipinski definition) is 9. The Morgan fingerprint density at radius 2 is 1.59 bits per heavy atom. The largest absolute Gasteiger partial charge is 0.394 e. The number of aliphatic hydroxyl groups is 8. The Morgan fingerprint density at radius 3 is 2.22 bits per heavy atom. The van der Waals surface area contributed by atoms with Crippen LogP contribution in [0.15, 0.2) is 22.2 Å². The number of aromatic nitrogens is 2. The van der Waals surface area contributed by atoms with Crippen molar-refractivity contribution in [1.82, 2.24) is 9.55 Å². The highest BCUT2D eigenvalue weighted by Crippen LogP contribution is 2.33. The Morgan fingerprint density at radius 1 is 0.927 bits per heavy atom. The number of nitrogens with zero attached hydrogens (tertiary/aromatic N) is 5. The molecule has 0 radical (unpaired) electrons. The highest BCUT2D eigenvalue weighted by Gasteiger charge is 2.52. The van der Waals surface area contributed by atoms with Crippen molar-refractivity contribution in [2.45, 2.75) is 85.9 Å². The molecule has 3 aliphatic rings. The van der Waals surface area contributed by atoms with Gasteiger partial charge in [0.25, 0.3) is 0 Å². The van der Waals surface area contributed by atoms with Crippen LogP contribution >= 0.6 is 0 Å². The summed E-state index contributed by atoms with van der Waals surface area (Å²) in [6.07, 6.45) is -19.1. The van der Waals surface area contributed by atoms with Crippen LogP contribution in [0.2, 0.25) is 0 Å². The van der Waals surface area contributed by atoms with Crippen LogP contribution in [-0.4, -0.2) is 150 Å². The summed E-state index contributed by atoms with van der Waals surface area (Å²) in [5, 5.41) is 84.9. The van der Waals surface area contributed by atoms with E-state index in [0.717, 1.165) is 4.57 Å². The molecule has 41 heavy (non-hydrogen) atoms. The van der Waals surface area contributed by atoms with Crippen molar-refractivity contribution in [3.05, 3.63) is 33.2 Å². The number of rotatable bonds is 9. The van der Waals surface area contributed by atoms with Crippen molar-refractivity contribution in [2.24, 2.45) is 5.11 Å². The first-order valence-corrected chi connectivity index (χ1v) is 12.4. The topological polar surface area (TPSA) is 318 Å². The third-order valence-electron chi connectivity index (χ3n) is 7.03. The molecule has 4 heterocycles. The van der Waals surface area contributed by atoms with Crippen molar-refractivity contribution < 1.29 is 64.5 Å². The van der Waals surface area contributed by atoms with Gasteiger partial charge in [-0.2, -0.15) is 4.98 Å². The quantitative estimate of drug-likeness (QED) is 0.0733. The Kier molecular flexibility index (Phi) is 10.1. The van der Waals surface area contributed by atoms with Gasteiger partial charge >= 0.3 is 5.69 Å². The second-order valence-corrected chi connectivity index (χ2v) is 9.63. The molecule has 10 N–H and O–H groups in total. The lowest BCUT2D eigenvalue weighted by Gasteiger charge is -2.46. The molecule has 0 bridgehead atoms. The normalized spacial score (nSPS) is 43.0. The predicted octanol–water partition coefficient (Wildman–Crippen LogP) is -5.60. The average molecular weight is 593 g/mol. The van der Waals surface area contributed by atoms with Crippen molar-refractivity contribution in [3.63, 3.8) is 0 Å². The van der Waals surface area contributed by atoms with Crippen LogP contribution in [0, 0.1) is 0 Å². The summed E-state index contributed by atoms with van der Waals surface area (Å²) in [6.45, 7) is -2.06. The van der Waals surface area contributed by atoms with E-state index in [1.54, 1.807) is 0 Å². The van der Waals surface area contributed by atoms with Crippen LogP contribution in [0.25, 0.3) is 10.4 Å². The van der Waals surface area contributed by atoms with Gasteiger partial charge in [0.1, 0.15) is 66.8 Å². The summed E-state index contributed by atoms with van der Waals surface area (Å²) >= 11 is 0. The van der Waals surface area contributed by atoms with Crippen LogP contribution in [0.3, 0.4) is 0 Å². The van der Waals surface area contributed by atoms with Gasteiger partial charge in [0.2, 0.25) is 0 Å². The summed E-state index contributed by atoms with van der Waals surface area (Å²) < 4.78 is 28.5. The van der Waals surface area contributed by atoms with Crippen molar-refractivity contribution in [2.75, 3.05) is 25.6 Å². The number of nitrogen functional groups attached to an aromatic ring is 1. The lowest BCUT2D eigenvalue weighted by molar-refractivity contribution is -0.348. The maximum atomic E-state index is 12.1. The second kappa shape index (κ2) is 13.2. The molecule has 3 aliphatic heterocycles. The Hall–Kier alpha value is -2.53. The van der Waals surface area contributed by atoms with Crippen molar-refractivity contribution in [3.8, 4) is 0 Å². The lowest BCUT2D eigenvalue weighted by atomic mass is 9.96. The molecule has 0 aromatic carbocycles. The summed E-state index contributed by atoms with van der Waals surface area (Å²) in [6, 6.07) is -0.256. The molecule has 1 aromatic heterocycles. The summed E-state index contributed by atoms with van der Waals surface area (Å²) in [5.41, 5.74) is 13.7. The zero-order valence-corrected chi connectivity index (χ0v) is 21.2. The maximum Gasteiger partial charge on any atom is 0.351 e. The Balaban J connectivity index is 1.45. The molecule has 1 aromatic rings. The van der Waals surface area contributed by atoms with E-state index in [-0.39, 0.29) is 5.82 Å². The van der Waals surface area contributed by atoms with E-state index in [9.17, 15) is 45.6 Å². The van der Waals surface area contributed by atoms with Gasteiger partial charge in [-0.15, -0.1) is 0 Å². The van der Waals surface area contributed by atoms with E-state index in [0.29, 0.717) is 0 Å². The third kappa shape index (κ3) is 6.30. The van der Waals surface area contributed by atoms with E-state index < -0.39 is 111 Å². The van der Waals surface area contributed by atoms with Crippen molar-refractivity contribution >= 4 is 5.82 Å². The number of anilines is 1. The minimum atomic E-state index is -1.84. The maximum absolute atomic E-state index is 12.1. The molecule has 0 unspecified atom stereocenters. The number of ether oxygens (including phenoxy) is 5. The summed E-state index contributed by atoms with van der Waals surface area (Å²) in [4.78, 5) is 18.3. The van der Waals surface area contributed by atoms with E-state index in [2.05, 4.69) is 15.0 Å². The average Bonchev–Trinajstić information content (AvgIpc) is 3.23. The first-order valence-electron chi connectivity index (χ1n) is 12.4. The lowest BCUT2D eigenvalue weighted by Crippen LogP contribution is -2.64. The molecule has 0 saturated carbocycles. The molecule has 0 spiro atoms. The smallest absolute Gasteiger partial charge is 0.351 e. The van der Waals surface area contributed by atoms with Gasteiger partial charge in [-0.3, -0.25) is 4.57 Å². The molecular weight excluding hydrogens is 560 g/mol. The number of nitrogens with two attached hydrogens (primary N) is 1. The van der Waals surface area contributed by atoms with Gasteiger partial charge in [-0.1, -0.05) is 5.11 Å². The van der Waals surface area contributed by atoms with Gasteiger partial charge in [0, 0.05) is 11.1 Å². The van der Waals surface area contributed by atoms with Crippen LogP contribution in [0.1, 0.15) is 6.23 Å². The zero-order valence-electron chi connectivity index (χ0n) is 21.2. The van der Waals surface area contributed by atoms with E-state index >= 15 is 0 Å². The molecule has 4 rings (SSSR count). The number of aliphatic hydroxyl groups excluding tert-OH is 8. The Bertz CT molecular complexity index is 1140. The minimum absolute atomic E-state index is 0.0662. The monoisotopic (exact) mass is 592 g/mol. The van der Waals surface area contributed by atoms with Crippen molar-refractivity contribution in [1.29, 1.82) is 0 Å². The molecule has 3 fully saturated rings. The zero-order chi connectivity index (χ0) is 30.0. The molecule has 20 heteroatoms. The van der Waals surface area contributed by atoms with Crippen LogP contribution < -0.4 is 11.4 Å². The van der Waals surface area contributed by atoms with Crippen LogP contribution in [0.5, 0.6) is 0 Å². The number of azide groups is 1. The first kappa shape index (κ1) is 31.4. The van der Waals surface area contributed by atoms with Gasteiger partial charge in [0.15, 0.2) is 18.8 Å². The molecule has 0 amide bonds. The minimum Gasteiger partial charge on any atom is -0.394 e. The van der Waals surface area contributed by atoms with E-state index in [1.807, 2.05) is 0 Å². The van der Waals surface area contributed by atoms with Gasteiger partial charge < -0.3 is 70.3 Å². The third-order valence-corrected chi connectivity index (χ3v) is 7.03. The van der Waals surface area contributed by atoms with E-state index in [4.69, 9.17) is 34.9 Å².